The molecule has 0 aliphatic heterocycles. The van der Waals surface area contributed by atoms with Crippen molar-refractivity contribution < 1.29 is 17.9 Å². The Bertz CT molecular complexity index is 1070. The van der Waals surface area contributed by atoms with Gasteiger partial charge in [-0.15, -0.1) is 0 Å². The standard InChI is InChI=1S/C28H29F3O/c1-3-20-12-13-23(16-25(20)29)21-10-6-19(7-11-21)17-32-26-15-14-24(27(30)28(26)31)22-8-4-18(2)5-9-22/h4-5,8-9,12-16,19,21H,3,6-7,10-11,17H2,1-2H3. The van der Waals surface area contributed by atoms with Crippen molar-refractivity contribution >= 4 is 0 Å². The Balaban J connectivity index is 1.35. The summed E-state index contributed by atoms with van der Waals surface area (Å²) in [5.41, 5.74) is 3.74. The lowest BCUT2D eigenvalue weighted by atomic mass is 9.79. The third-order valence-corrected chi connectivity index (χ3v) is 6.66. The highest BCUT2D eigenvalue weighted by molar-refractivity contribution is 5.65. The number of hydrogen-bond acceptors (Lipinski definition) is 1. The van der Waals surface area contributed by atoms with E-state index in [-0.39, 0.29) is 23.0 Å². The van der Waals surface area contributed by atoms with Gasteiger partial charge in [-0.1, -0.05) is 48.9 Å². The number of rotatable bonds is 6. The van der Waals surface area contributed by atoms with Crippen molar-refractivity contribution in [3.63, 3.8) is 0 Å². The van der Waals surface area contributed by atoms with Gasteiger partial charge >= 0.3 is 0 Å². The fourth-order valence-corrected chi connectivity index (χ4v) is 4.57. The number of ether oxygens (including phenoxy) is 1. The Hall–Kier alpha value is -2.75. The first-order chi connectivity index (χ1) is 15.5. The molecular formula is C28H29F3O. The summed E-state index contributed by atoms with van der Waals surface area (Å²) in [6.07, 6.45) is 4.43. The Labute approximate surface area is 188 Å². The highest BCUT2D eigenvalue weighted by Crippen LogP contribution is 2.37. The fourth-order valence-electron chi connectivity index (χ4n) is 4.57. The predicted molar refractivity (Wildman–Crippen MR) is 123 cm³/mol. The third kappa shape index (κ3) is 4.85. The van der Waals surface area contributed by atoms with Crippen molar-refractivity contribution in [2.75, 3.05) is 6.61 Å². The van der Waals surface area contributed by atoms with E-state index >= 15 is 0 Å². The normalized spacial score (nSPS) is 18.5. The zero-order valence-corrected chi connectivity index (χ0v) is 18.6. The summed E-state index contributed by atoms with van der Waals surface area (Å²) in [5, 5.41) is 0. The minimum atomic E-state index is -0.941. The molecule has 0 heterocycles. The van der Waals surface area contributed by atoms with E-state index in [0.29, 0.717) is 24.5 Å². The van der Waals surface area contributed by atoms with E-state index in [4.69, 9.17) is 4.74 Å². The Kier molecular flexibility index (Phi) is 6.88. The molecule has 0 unspecified atom stereocenters. The third-order valence-electron chi connectivity index (χ3n) is 6.66. The molecule has 1 fully saturated rings. The van der Waals surface area contributed by atoms with Crippen LogP contribution in [-0.4, -0.2) is 6.61 Å². The molecule has 1 aliphatic carbocycles. The van der Waals surface area contributed by atoms with Crippen molar-refractivity contribution in [2.24, 2.45) is 5.92 Å². The van der Waals surface area contributed by atoms with Gasteiger partial charge in [0.15, 0.2) is 11.6 Å². The van der Waals surface area contributed by atoms with Crippen molar-refractivity contribution in [2.45, 2.75) is 51.9 Å². The second-order valence-corrected chi connectivity index (χ2v) is 8.84. The summed E-state index contributed by atoms with van der Waals surface area (Å²) in [5.74, 6) is -1.37. The Morgan fingerprint density at radius 1 is 0.844 bits per heavy atom. The largest absolute Gasteiger partial charge is 0.490 e. The van der Waals surface area contributed by atoms with Gasteiger partial charge in [-0.3, -0.25) is 0 Å². The van der Waals surface area contributed by atoms with Crippen LogP contribution in [0.4, 0.5) is 13.2 Å². The van der Waals surface area contributed by atoms with Crippen LogP contribution in [0.25, 0.3) is 11.1 Å². The minimum absolute atomic E-state index is 0.0438. The molecule has 0 aromatic heterocycles. The van der Waals surface area contributed by atoms with Crippen LogP contribution in [0.3, 0.4) is 0 Å². The van der Waals surface area contributed by atoms with Gasteiger partial charge in [-0.05, 0) is 85.8 Å². The highest BCUT2D eigenvalue weighted by atomic mass is 19.2. The Morgan fingerprint density at radius 2 is 1.56 bits per heavy atom. The van der Waals surface area contributed by atoms with Gasteiger partial charge in [0.2, 0.25) is 5.82 Å². The van der Waals surface area contributed by atoms with Crippen LogP contribution >= 0.6 is 0 Å². The number of hydrogen-bond donors (Lipinski definition) is 0. The maximum absolute atomic E-state index is 14.7. The number of halogens is 3. The molecule has 1 aliphatic rings. The van der Waals surface area contributed by atoms with Gasteiger partial charge in [0.25, 0.3) is 0 Å². The zero-order chi connectivity index (χ0) is 22.7. The summed E-state index contributed by atoms with van der Waals surface area (Å²) in [6, 6.07) is 16.0. The lowest BCUT2D eigenvalue weighted by Crippen LogP contribution is -2.20. The van der Waals surface area contributed by atoms with Crippen molar-refractivity contribution in [3.8, 4) is 16.9 Å². The van der Waals surface area contributed by atoms with Crippen LogP contribution in [0.5, 0.6) is 5.75 Å². The minimum Gasteiger partial charge on any atom is -0.490 e. The average molecular weight is 439 g/mol. The maximum Gasteiger partial charge on any atom is 0.201 e. The molecule has 32 heavy (non-hydrogen) atoms. The molecule has 0 spiro atoms. The van der Waals surface area contributed by atoms with Crippen molar-refractivity contribution in [1.29, 1.82) is 0 Å². The lowest BCUT2D eigenvalue weighted by molar-refractivity contribution is 0.192. The zero-order valence-electron chi connectivity index (χ0n) is 18.6. The van der Waals surface area contributed by atoms with E-state index < -0.39 is 11.6 Å². The van der Waals surface area contributed by atoms with Crippen LogP contribution in [0.1, 0.15) is 55.2 Å². The molecular weight excluding hydrogens is 409 g/mol. The molecule has 168 valence electrons. The van der Waals surface area contributed by atoms with Crippen LogP contribution in [0, 0.1) is 30.3 Å². The second-order valence-electron chi connectivity index (χ2n) is 8.84. The van der Waals surface area contributed by atoms with Gasteiger partial charge < -0.3 is 4.74 Å². The molecule has 3 aromatic rings. The summed E-state index contributed by atoms with van der Waals surface area (Å²) in [7, 11) is 0. The van der Waals surface area contributed by atoms with Gasteiger partial charge in [-0.25, -0.2) is 8.78 Å². The van der Waals surface area contributed by atoms with E-state index in [1.54, 1.807) is 24.3 Å². The molecule has 0 radical (unpaired) electrons. The monoisotopic (exact) mass is 438 g/mol. The van der Waals surface area contributed by atoms with E-state index in [1.165, 1.54) is 6.07 Å². The molecule has 0 N–H and O–H groups in total. The summed E-state index contributed by atoms with van der Waals surface area (Å²) in [4.78, 5) is 0. The molecule has 4 rings (SSSR count). The second kappa shape index (κ2) is 9.81. The molecule has 0 bridgehead atoms. The van der Waals surface area contributed by atoms with E-state index in [1.807, 2.05) is 38.1 Å². The smallest absolute Gasteiger partial charge is 0.201 e. The van der Waals surface area contributed by atoms with Crippen LogP contribution < -0.4 is 4.74 Å². The molecule has 4 heteroatoms. The molecule has 3 aromatic carbocycles. The Morgan fingerprint density at radius 3 is 2.22 bits per heavy atom. The SMILES string of the molecule is CCc1ccc(C2CCC(COc3ccc(-c4ccc(C)cc4)c(F)c3F)CC2)cc1F. The first-order valence-electron chi connectivity index (χ1n) is 11.4. The van der Waals surface area contributed by atoms with E-state index in [2.05, 4.69) is 0 Å². The molecule has 0 saturated heterocycles. The van der Waals surface area contributed by atoms with Crippen LogP contribution in [0.15, 0.2) is 54.6 Å². The molecule has 1 nitrogen and oxygen atoms in total. The van der Waals surface area contributed by atoms with Crippen molar-refractivity contribution in [1.82, 2.24) is 0 Å². The number of benzene rings is 3. The first-order valence-corrected chi connectivity index (χ1v) is 11.4. The van der Waals surface area contributed by atoms with Crippen LogP contribution in [-0.2, 0) is 6.42 Å². The van der Waals surface area contributed by atoms with Gasteiger partial charge in [0.05, 0.1) is 6.61 Å². The van der Waals surface area contributed by atoms with Gasteiger partial charge in [0.1, 0.15) is 5.82 Å². The fraction of sp³-hybridized carbons (Fsp3) is 0.357. The first kappa shape index (κ1) is 22.4. The molecule has 0 amide bonds. The van der Waals surface area contributed by atoms with Gasteiger partial charge in [0, 0.05) is 5.56 Å². The lowest BCUT2D eigenvalue weighted by Gasteiger charge is -2.29. The average Bonchev–Trinajstić information content (AvgIpc) is 2.81. The number of aryl methyl sites for hydroxylation is 2. The molecule has 0 atom stereocenters. The maximum atomic E-state index is 14.7. The summed E-state index contributed by atoms with van der Waals surface area (Å²) < 4.78 is 49.1. The van der Waals surface area contributed by atoms with Gasteiger partial charge in [-0.2, -0.15) is 4.39 Å². The van der Waals surface area contributed by atoms with Crippen LogP contribution in [0.2, 0.25) is 0 Å². The predicted octanol–water partition coefficient (Wildman–Crippen LogP) is 7.99. The summed E-state index contributed by atoms with van der Waals surface area (Å²) in [6.45, 7) is 4.26. The quantitative estimate of drug-likeness (QED) is 0.379. The van der Waals surface area contributed by atoms with E-state index in [0.717, 1.165) is 42.4 Å². The highest BCUT2D eigenvalue weighted by Gasteiger charge is 2.24. The van der Waals surface area contributed by atoms with E-state index in [9.17, 15) is 13.2 Å². The topological polar surface area (TPSA) is 9.23 Å². The van der Waals surface area contributed by atoms with Crippen molar-refractivity contribution in [3.05, 3.63) is 88.7 Å². The summed E-state index contributed by atoms with van der Waals surface area (Å²) >= 11 is 0. The molecule has 1 saturated carbocycles.